The standard InChI is InChI=1S/C13H11S2/c1-15-11-8-6-10(7-9-11)12-4-2-3-5-13(12)14/h2-4,6-9,12H,1H3. The molecule has 1 radical (unpaired) electrons. The van der Waals surface area contributed by atoms with E-state index in [1.807, 2.05) is 12.2 Å². The van der Waals surface area contributed by atoms with E-state index >= 15 is 0 Å². The lowest BCUT2D eigenvalue weighted by atomic mass is 9.92. The van der Waals surface area contributed by atoms with E-state index in [9.17, 15) is 0 Å². The van der Waals surface area contributed by atoms with Crippen LogP contribution in [0, 0.1) is 6.08 Å². The summed E-state index contributed by atoms with van der Waals surface area (Å²) >= 11 is 7.02. The molecule has 1 aromatic carbocycles. The molecule has 2 heteroatoms. The predicted molar refractivity (Wildman–Crippen MR) is 70.5 cm³/mol. The molecule has 0 aliphatic heterocycles. The second kappa shape index (κ2) is 4.77. The lowest BCUT2D eigenvalue weighted by Crippen LogP contribution is -2.07. The number of hydrogen-bond donors (Lipinski definition) is 0. The molecule has 2 rings (SSSR count). The van der Waals surface area contributed by atoms with Crippen molar-refractivity contribution in [3.05, 3.63) is 54.1 Å². The molecule has 0 bridgehead atoms. The van der Waals surface area contributed by atoms with E-state index in [1.165, 1.54) is 10.5 Å². The smallest absolute Gasteiger partial charge is 0.0381 e. The predicted octanol–water partition coefficient (Wildman–Crippen LogP) is 3.79. The van der Waals surface area contributed by atoms with Gasteiger partial charge in [0.1, 0.15) is 0 Å². The maximum absolute atomic E-state index is 5.27. The molecule has 1 aromatic rings. The van der Waals surface area contributed by atoms with Crippen LogP contribution in [0.5, 0.6) is 0 Å². The van der Waals surface area contributed by atoms with Gasteiger partial charge in [-0.2, -0.15) is 0 Å². The van der Waals surface area contributed by atoms with E-state index in [0.29, 0.717) is 0 Å². The summed E-state index contributed by atoms with van der Waals surface area (Å²) in [6.45, 7) is 0. The van der Waals surface area contributed by atoms with Crippen molar-refractivity contribution in [1.29, 1.82) is 0 Å². The number of allylic oxidation sites excluding steroid dienone is 4. The van der Waals surface area contributed by atoms with E-state index in [2.05, 4.69) is 42.7 Å². The fourth-order valence-corrected chi connectivity index (χ4v) is 2.24. The normalized spacial score (nSPS) is 19.5. The number of rotatable bonds is 2. The van der Waals surface area contributed by atoms with Crippen LogP contribution in [0.4, 0.5) is 0 Å². The molecule has 0 saturated heterocycles. The van der Waals surface area contributed by atoms with Gasteiger partial charge in [-0.3, -0.25) is 0 Å². The Balaban J connectivity index is 2.26. The first kappa shape index (κ1) is 10.7. The van der Waals surface area contributed by atoms with E-state index in [1.54, 1.807) is 11.8 Å². The van der Waals surface area contributed by atoms with Crippen molar-refractivity contribution in [2.24, 2.45) is 0 Å². The number of thioether (sulfide) groups is 1. The van der Waals surface area contributed by atoms with Gasteiger partial charge in [-0.15, -0.1) is 11.8 Å². The summed E-state index contributed by atoms with van der Waals surface area (Å²) in [6.07, 6.45) is 11.1. The van der Waals surface area contributed by atoms with Gasteiger partial charge in [0.25, 0.3) is 0 Å². The molecule has 0 spiro atoms. The lowest BCUT2D eigenvalue weighted by molar-refractivity contribution is 1.14. The van der Waals surface area contributed by atoms with Gasteiger partial charge in [-0.25, -0.2) is 0 Å². The zero-order valence-electron chi connectivity index (χ0n) is 8.44. The first-order valence-electron chi connectivity index (χ1n) is 4.75. The van der Waals surface area contributed by atoms with Gasteiger partial charge >= 0.3 is 0 Å². The Morgan fingerprint density at radius 1 is 1.27 bits per heavy atom. The summed E-state index contributed by atoms with van der Waals surface area (Å²) in [6, 6.07) is 8.55. The van der Waals surface area contributed by atoms with E-state index in [4.69, 9.17) is 12.2 Å². The highest BCUT2D eigenvalue weighted by atomic mass is 32.2. The Hall–Kier alpha value is -0.860. The van der Waals surface area contributed by atoms with E-state index in [-0.39, 0.29) is 5.92 Å². The molecule has 0 nitrogen and oxygen atoms in total. The summed E-state index contributed by atoms with van der Waals surface area (Å²) in [5.74, 6) is 0.223. The monoisotopic (exact) mass is 231 g/mol. The van der Waals surface area contributed by atoms with Gasteiger partial charge < -0.3 is 0 Å². The second-order valence-electron chi connectivity index (χ2n) is 3.31. The van der Waals surface area contributed by atoms with Crippen LogP contribution in [-0.2, 0) is 0 Å². The number of benzene rings is 1. The summed E-state index contributed by atoms with van der Waals surface area (Å²) in [4.78, 5) is 2.15. The molecule has 1 atom stereocenters. The molecular formula is C13H11S2. The molecule has 15 heavy (non-hydrogen) atoms. The third-order valence-corrected chi connectivity index (χ3v) is 3.50. The van der Waals surface area contributed by atoms with Gasteiger partial charge in [-0.1, -0.05) is 42.6 Å². The van der Waals surface area contributed by atoms with Crippen LogP contribution in [0.1, 0.15) is 11.5 Å². The molecule has 0 saturated carbocycles. The Morgan fingerprint density at radius 3 is 2.60 bits per heavy atom. The fraction of sp³-hybridized carbons (Fsp3) is 0.154. The van der Waals surface area contributed by atoms with Crippen molar-refractivity contribution in [1.82, 2.24) is 0 Å². The third-order valence-electron chi connectivity index (χ3n) is 2.38. The first-order valence-corrected chi connectivity index (χ1v) is 6.39. The maximum Gasteiger partial charge on any atom is 0.0381 e. The number of thiocarbonyl (C=S) groups is 1. The molecule has 0 heterocycles. The van der Waals surface area contributed by atoms with Crippen LogP contribution in [-0.4, -0.2) is 11.1 Å². The van der Waals surface area contributed by atoms with Gasteiger partial charge in [0.15, 0.2) is 0 Å². The van der Waals surface area contributed by atoms with Crippen molar-refractivity contribution >= 4 is 28.8 Å². The zero-order chi connectivity index (χ0) is 10.7. The van der Waals surface area contributed by atoms with Crippen LogP contribution < -0.4 is 0 Å². The van der Waals surface area contributed by atoms with Crippen molar-refractivity contribution in [2.75, 3.05) is 6.26 Å². The van der Waals surface area contributed by atoms with Crippen LogP contribution in [0.25, 0.3) is 0 Å². The Kier molecular flexibility index (Phi) is 3.39. The van der Waals surface area contributed by atoms with Crippen LogP contribution in [0.2, 0.25) is 0 Å². The molecule has 0 fully saturated rings. The molecule has 1 aliphatic carbocycles. The molecule has 0 N–H and O–H groups in total. The summed E-state index contributed by atoms with van der Waals surface area (Å²) < 4.78 is 0. The summed E-state index contributed by atoms with van der Waals surface area (Å²) in [5, 5.41) is 0. The van der Waals surface area contributed by atoms with Gasteiger partial charge in [0, 0.05) is 15.7 Å². The molecular weight excluding hydrogens is 220 g/mol. The molecule has 0 amide bonds. The first-order chi connectivity index (χ1) is 7.31. The Morgan fingerprint density at radius 2 is 2.00 bits per heavy atom. The summed E-state index contributed by atoms with van der Waals surface area (Å²) in [7, 11) is 0. The largest absolute Gasteiger partial charge is 0.130 e. The summed E-state index contributed by atoms with van der Waals surface area (Å²) in [5.41, 5.74) is 1.25. The van der Waals surface area contributed by atoms with Crippen molar-refractivity contribution in [3.63, 3.8) is 0 Å². The van der Waals surface area contributed by atoms with Crippen molar-refractivity contribution in [2.45, 2.75) is 10.8 Å². The highest BCUT2D eigenvalue weighted by Crippen LogP contribution is 2.24. The minimum absolute atomic E-state index is 0.223. The average molecular weight is 231 g/mol. The highest BCUT2D eigenvalue weighted by molar-refractivity contribution is 7.98. The van der Waals surface area contributed by atoms with Gasteiger partial charge in [0.2, 0.25) is 0 Å². The average Bonchev–Trinajstić information content (AvgIpc) is 2.30. The zero-order valence-corrected chi connectivity index (χ0v) is 10.1. The SMILES string of the molecule is CSc1ccc(C2C=CC=[C]C2=S)cc1. The molecule has 1 unspecified atom stereocenters. The van der Waals surface area contributed by atoms with Crippen molar-refractivity contribution in [3.8, 4) is 0 Å². The minimum atomic E-state index is 0.223. The third kappa shape index (κ3) is 2.39. The minimum Gasteiger partial charge on any atom is -0.130 e. The van der Waals surface area contributed by atoms with Crippen LogP contribution >= 0.6 is 24.0 Å². The Labute approximate surface area is 100 Å². The molecule has 1 aliphatic rings. The van der Waals surface area contributed by atoms with Crippen LogP contribution in [0.3, 0.4) is 0 Å². The fourth-order valence-electron chi connectivity index (χ4n) is 1.55. The van der Waals surface area contributed by atoms with E-state index in [0.717, 1.165) is 4.86 Å². The van der Waals surface area contributed by atoms with Crippen molar-refractivity contribution < 1.29 is 0 Å². The molecule has 75 valence electrons. The van der Waals surface area contributed by atoms with Gasteiger partial charge in [0.05, 0.1) is 0 Å². The van der Waals surface area contributed by atoms with Crippen LogP contribution in [0.15, 0.2) is 47.4 Å². The topological polar surface area (TPSA) is 0 Å². The maximum atomic E-state index is 5.27. The quantitative estimate of drug-likeness (QED) is 0.561. The molecule has 0 aromatic heterocycles. The number of hydrogen-bond acceptors (Lipinski definition) is 2. The second-order valence-corrected chi connectivity index (χ2v) is 4.63. The van der Waals surface area contributed by atoms with Gasteiger partial charge in [-0.05, 0) is 30.0 Å². The Bertz CT molecular complexity index is 413. The lowest BCUT2D eigenvalue weighted by Gasteiger charge is -2.14. The van der Waals surface area contributed by atoms with E-state index < -0.39 is 0 Å². The highest BCUT2D eigenvalue weighted by Gasteiger charge is 2.13.